The molecule has 0 saturated carbocycles. The van der Waals surface area contributed by atoms with Crippen molar-refractivity contribution >= 4 is 45.7 Å². The van der Waals surface area contributed by atoms with Gasteiger partial charge in [-0.3, -0.25) is 19.7 Å². The average molecular weight is 406 g/mol. The summed E-state index contributed by atoms with van der Waals surface area (Å²) in [5.41, 5.74) is -0.153. The molecule has 1 aliphatic rings. The molecule has 0 radical (unpaired) electrons. The van der Waals surface area contributed by atoms with Crippen molar-refractivity contribution in [3.05, 3.63) is 45.5 Å². The monoisotopic (exact) mass is 406 g/mol. The standard InChI is InChI=1S/C17H18N4O4S2/c1-26-12-4-5-14(21(24)25)13(9-12)16(23)20-7-2-3-11(10-20)15(22)19-17-18-6-8-27-17/h4-6,8-9,11H,2-3,7,10H2,1H3,(H,18,19,22). The fraction of sp³-hybridized carbons (Fsp3) is 0.353. The van der Waals surface area contributed by atoms with Gasteiger partial charge in [-0.05, 0) is 31.2 Å². The molecule has 1 aromatic carbocycles. The molecule has 2 amide bonds. The molecule has 2 aromatic rings. The van der Waals surface area contributed by atoms with Gasteiger partial charge in [-0.15, -0.1) is 23.1 Å². The molecular formula is C17H18N4O4S2. The Balaban J connectivity index is 1.77. The van der Waals surface area contributed by atoms with E-state index in [9.17, 15) is 19.7 Å². The van der Waals surface area contributed by atoms with Gasteiger partial charge in [0.1, 0.15) is 5.56 Å². The van der Waals surface area contributed by atoms with Gasteiger partial charge < -0.3 is 10.2 Å². The molecule has 3 rings (SSSR count). The quantitative estimate of drug-likeness (QED) is 0.464. The van der Waals surface area contributed by atoms with E-state index >= 15 is 0 Å². The molecule has 1 aliphatic heterocycles. The van der Waals surface area contributed by atoms with E-state index in [1.165, 1.54) is 34.1 Å². The third-order valence-electron chi connectivity index (χ3n) is 4.37. The van der Waals surface area contributed by atoms with Crippen LogP contribution in [-0.4, -0.2) is 46.0 Å². The van der Waals surface area contributed by atoms with Crippen LogP contribution >= 0.6 is 23.1 Å². The van der Waals surface area contributed by atoms with Gasteiger partial charge in [-0.25, -0.2) is 4.98 Å². The summed E-state index contributed by atoms with van der Waals surface area (Å²) >= 11 is 2.74. The van der Waals surface area contributed by atoms with Crippen LogP contribution < -0.4 is 5.32 Å². The number of thiazole rings is 1. The number of nitro groups is 1. The number of nitrogens with zero attached hydrogens (tertiary/aromatic N) is 3. The molecule has 1 unspecified atom stereocenters. The topological polar surface area (TPSA) is 105 Å². The zero-order valence-corrected chi connectivity index (χ0v) is 16.2. The highest BCUT2D eigenvalue weighted by atomic mass is 32.2. The number of thioether (sulfide) groups is 1. The summed E-state index contributed by atoms with van der Waals surface area (Å²) in [5, 5.41) is 16.4. The van der Waals surface area contributed by atoms with Crippen LogP contribution in [0.4, 0.5) is 10.8 Å². The third-order valence-corrected chi connectivity index (χ3v) is 5.79. The number of piperidine rings is 1. The van der Waals surface area contributed by atoms with Crippen molar-refractivity contribution in [3.8, 4) is 0 Å². The lowest BCUT2D eigenvalue weighted by Crippen LogP contribution is -2.44. The van der Waals surface area contributed by atoms with Crippen LogP contribution in [0.1, 0.15) is 23.2 Å². The second-order valence-corrected chi connectivity index (χ2v) is 7.83. The number of carbonyl (C=O) groups excluding carboxylic acids is 2. The van der Waals surface area contributed by atoms with Crippen LogP contribution in [0.25, 0.3) is 0 Å². The van der Waals surface area contributed by atoms with E-state index in [-0.39, 0.29) is 29.6 Å². The molecule has 1 saturated heterocycles. The number of carbonyl (C=O) groups is 2. The summed E-state index contributed by atoms with van der Waals surface area (Å²) in [6.45, 7) is 0.706. The van der Waals surface area contributed by atoms with Crippen LogP contribution in [-0.2, 0) is 4.79 Å². The fourth-order valence-electron chi connectivity index (χ4n) is 3.01. The van der Waals surface area contributed by atoms with Crippen LogP contribution in [0.2, 0.25) is 0 Å². The molecular weight excluding hydrogens is 388 g/mol. The van der Waals surface area contributed by atoms with E-state index in [4.69, 9.17) is 0 Å². The minimum absolute atomic E-state index is 0.0628. The minimum Gasteiger partial charge on any atom is -0.338 e. The lowest BCUT2D eigenvalue weighted by atomic mass is 9.96. The van der Waals surface area contributed by atoms with E-state index in [1.54, 1.807) is 23.7 Å². The molecule has 142 valence electrons. The first kappa shape index (κ1) is 19.3. The Labute approximate surface area is 164 Å². The van der Waals surface area contributed by atoms with Crippen molar-refractivity contribution in [1.82, 2.24) is 9.88 Å². The van der Waals surface area contributed by atoms with E-state index < -0.39 is 10.8 Å². The predicted molar refractivity (Wildman–Crippen MR) is 104 cm³/mol. The van der Waals surface area contributed by atoms with Crippen LogP contribution in [0.3, 0.4) is 0 Å². The van der Waals surface area contributed by atoms with Gasteiger partial charge in [0.15, 0.2) is 5.13 Å². The van der Waals surface area contributed by atoms with E-state index in [2.05, 4.69) is 10.3 Å². The predicted octanol–water partition coefficient (Wildman–Crippen LogP) is 3.26. The number of benzene rings is 1. The first-order valence-corrected chi connectivity index (χ1v) is 10.4. The number of anilines is 1. The van der Waals surface area contributed by atoms with Crippen molar-refractivity contribution in [1.29, 1.82) is 0 Å². The summed E-state index contributed by atoms with van der Waals surface area (Å²) in [6.07, 6.45) is 4.77. The number of nitrogens with one attached hydrogen (secondary N) is 1. The highest BCUT2D eigenvalue weighted by Gasteiger charge is 2.32. The summed E-state index contributed by atoms with van der Waals surface area (Å²) in [5.74, 6) is -0.964. The molecule has 1 fully saturated rings. The first-order chi connectivity index (χ1) is 13.0. The highest BCUT2D eigenvalue weighted by molar-refractivity contribution is 7.98. The Kier molecular flexibility index (Phi) is 6.07. The maximum Gasteiger partial charge on any atom is 0.282 e. The second kappa shape index (κ2) is 8.49. The second-order valence-electron chi connectivity index (χ2n) is 6.06. The smallest absolute Gasteiger partial charge is 0.282 e. The molecule has 10 heteroatoms. The third kappa shape index (κ3) is 4.45. The van der Waals surface area contributed by atoms with Gasteiger partial charge >= 0.3 is 0 Å². The Morgan fingerprint density at radius 3 is 2.93 bits per heavy atom. The van der Waals surface area contributed by atoms with Crippen LogP contribution in [0, 0.1) is 16.0 Å². The number of hydrogen-bond donors (Lipinski definition) is 1. The normalized spacial score (nSPS) is 16.8. The molecule has 0 bridgehead atoms. The van der Waals surface area contributed by atoms with Gasteiger partial charge in [-0.2, -0.15) is 0 Å². The lowest BCUT2D eigenvalue weighted by Gasteiger charge is -2.31. The van der Waals surface area contributed by atoms with Crippen molar-refractivity contribution in [2.24, 2.45) is 5.92 Å². The molecule has 27 heavy (non-hydrogen) atoms. The molecule has 2 heterocycles. The Morgan fingerprint density at radius 2 is 2.26 bits per heavy atom. The molecule has 0 aliphatic carbocycles. The molecule has 8 nitrogen and oxygen atoms in total. The number of amides is 2. The van der Waals surface area contributed by atoms with Crippen LogP contribution in [0.15, 0.2) is 34.7 Å². The first-order valence-electron chi connectivity index (χ1n) is 8.31. The van der Waals surface area contributed by atoms with Crippen molar-refractivity contribution in [2.75, 3.05) is 24.7 Å². The molecule has 1 atom stereocenters. The maximum atomic E-state index is 12.9. The molecule has 1 aromatic heterocycles. The van der Waals surface area contributed by atoms with E-state index in [0.717, 1.165) is 4.90 Å². The van der Waals surface area contributed by atoms with Crippen molar-refractivity contribution in [2.45, 2.75) is 17.7 Å². The number of likely N-dealkylation sites (tertiary alicyclic amines) is 1. The molecule has 1 N–H and O–H groups in total. The number of rotatable bonds is 5. The minimum atomic E-state index is -0.548. The van der Waals surface area contributed by atoms with Crippen molar-refractivity contribution < 1.29 is 14.5 Å². The number of hydrogen-bond acceptors (Lipinski definition) is 7. The van der Waals surface area contributed by atoms with E-state index in [1.807, 2.05) is 6.26 Å². The average Bonchev–Trinajstić information content (AvgIpc) is 3.19. The Hall–Kier alpha value is -2.46. The Morgan fingerprint density at radius 1 is 1.44 bits per heavy atom. The van der Waals surface area contributed by atoms with Gasteiger partial charge in [0.05, 0.1) is 10.8 Å². The number of nitro benzene ring substituents is 1. The van der Waals surface area contributed by atoms with Gasteiger partial charge in [0.2, 0.25) is 5.91 Å². The maximum absolute atomic E-state index is 12.9. The SMILES string of the molecule is CSc1ccc([N+](=O)[O-])c(C(=O)N2CCCC(C(=O)Nc3nccs3)C2)c1. The van der Waals surface area contributed by atoms with E-state index in [0.29, 0.717) is 24.5 Å². The van der Waals surface area contributed by atoms with Gasteiger partial charge in [0, 0.05) is 35.6 Å². The largest absolute Gasteiger partial charge is 0.338 e. The highest BCUT2D eigenvalue weighted by Crippen LogP contribution is 2.28. The summed E-state index contributed by atoms with van der Waals surface area (Å²) < 4.78 is 0. The number of aromatic nitrogens is 1. The van der Waals surface area contributed by atoms with Crippen LogP contribution in [0.5, 0.6) is 0 Å². The summed E-state index contributed by atoms with van der Waals surface area (Å²) in [6, 6.07) is 4.53. The zero-order valence-electron chi connectivity index (χ0n) is 14.6. The summed E-state index contributed by atoms with van der Waals surface area (Å²) in [4.78, 5) is 42.5. The van der Waals surface area contributed by atoms with Gasteiger partial charge in [0.25, 0.3) is 11.6 Å². The lowest BCUT2D eigenvalue weighted by molar-refractivity contribution is -0.385. The molecule has 0 spiro atoms. The fourth-order valence-corrected chi connectivity index (χ4v) is 3.98. The van der Waals surface area contributed by atoms with Gasteiger partial charge in [-0.1, -0.05) is 0 Å². The Bertz CT molecular complexity index is 857. The summed E-state index contributed by atoms with van der Waals surface area (Å²) in [7, 11) is 0. The zero-order chi connectivity index (χ0) is 19.4. The van der Waals surface area contributed by atoms with Crippen molar-refractivity contribution in [3.63, 3.8) is 0 Å².